The highest BCUT2D eigenvalue weighted by Gasteiger charge is 2.20. The van der Waals surface area contributed by atoms with E-state index in [0.29, 0.717) is 6.42 Å². The number of hydrogen-bond donors (Lipinski definition) is 1. The Morgan fingerprint density at radius 1 is 1.21 bits per heavy atom. The highest BCUT2D eigenvalue weighted by Crippen LogP contribution is 2.24. The average molecular weight is 431 g/mol. The normalized spacial score (nSPS) is 12.1. The van der Waals surface area contributed by atoms with Gasteiger partial charge < -0.3 is 5.11 Å². The molecule has 2 aromatic carbocycles. The zero-order valence-electron chi connectivity index (χ0n) is 10.0. The molecule has 19 heavy (non-hydrogen) atoms. The van der Waals surface area contributed by atoms with Crippen molar-refractivity contribution in [1.82, 2.24) is 0 Å². The van der Waals surface area contributed by atoms with Gasteiger partial charge in [-0.3, -0.25) is 4.79 Å². The molecule has 1 unspecified atom stereocenters. The van der Waals surface area contributed by atoms with E-state index < -0.39 is 11.9 Å². The Morgan fingerprint density at radius 3 is 2.47 bits per heavy atom. The van der Waals surface area contributed by atoms with Crippen LogP contribution in [0.15, 0.2) is 53.0 Å². The third-order valence-electron chi connectivity index (χ3n) is 2.90. The number of carboxylic acid groups (broad SMARTS) is 1. The van der Waals surface area contributed by atoms with Gasteiger partial charge in [0.1, 0.15) is 0 Å². The van der Waals surface area contributed by atoms with Gasteiger partial charge in [0.2, 0.25) is 0 Å². The third kappa shape index (κ3) is 4.04. The van der Waals surface area contributed by atoms with Gasteiger partial charge in [0.15, 0.2) is 0 Å². The van der Waals surface area contributed by atoms with Gasteiger partial charge in [-0.1, -0.05) is 40.2 Å². The molecule has 0 radical (unpaired) electrons. The molecule has 0 aliphatic heterocycles. The van der Waals surface area contributed by atoms with Gasteiger partial charge in [0.25, 0.3) is 0 Å². The molecule has 0 saturated carbocycles. The second-order valence-electron chi connectivity index (χ2n) is 4.28. The molecule has 4 heteroatoms. The summed E-state index contributed by atoms with van der Waals surface area (Å²) in [6.45, 7) is 0. The first-order valence-corrected chi connectivity index (χ1v) is 7.66. The van der Waals surface area contributed by atoms with Crippen LogP contribution in [-0.2, 0) is 11.2 Å². The molecule has 0 spiro atoms. The SMILES string of the molecule is O=C(O)C(Cc1ccc(I)cc1)c1cccc(Br)c1. The molecule has 2 nitrogen and oxygen atoms in total. The first kappa shape index (κ1) is 14.5. The largest absolute Gasteiger partial charge is 0.481 e. The summed E-state index contributed by atoms with van der Waals surface area (Å²) in [5, 5.41) is 9.42. The molecule has 0 heterocycles. The predicted octanol–water partition coefficient (Wildman–Crippen LogP) is 4.46. The van der Waals surface area contributed by atoms with Gasteiger partial charge in [-0.15, -0.1) is 0 Å². The minimum Gasteiger partial charge on any atom is -0.481 e. The van der Waals surface area contributed by atoms with Crippen molar-refractivity contribution in [2.45, 2.75) is 12.3 Å². The maximum atomic E-state index is 11.5. The summed E-state index contributed by atoms with van der Waals surface area (Å²) in [5.41, 5.74) is 1.85. The van der Waals surface area contributed by atoms with E-state index in [9.17, 15) is 9.90 Å². The number of halogens is 2. The van der Waals surface area contributed by atoms with Crippen LogP contribution >= 0.6 is 38.5 Å². The minimum atomic E-state index is -0.795. The van der Waals surface area contributed by atoms with E-state index >= 15 is 0 Å². The zero-order chi connectivity index (χ0) is 13.8. The van der Waals surface area contributed by atoms with E-state index in [1.54, 1.807) is 0 Å². The topological polar surface area (TPSA) is 37.3 Å². The lowest BCUT2D eigenvalue weighted by Gasteiger charge is -2.13. The fraction of sp³-hybridized carbons (Fsp3) is 0.133. The smallest absolute Gasteiger partial charge is 0.311 e. The molecule has 0 aliphatic carbocycles. The minimum absolute atomic E-state index is 0.503. The summed E-state index contributed by atoms with van der Waals surface area (Å²) in [7, 11) is 0. The Balaban J connectivity index is 2.26. The summed E-state index contributed by atoms with van der Waals surface area (Å²) in [4.78, 5) is 11.5. The van der Waals surface area contributed by atoms with Crippen LogP contribution in [0.1, 0.15) is 17.0 Å². The van der Waals surface area contributed by atoms with Crippen molar-refractivity contribution in [1.29, 1.82) is 0 Å². The molecule has 0 saturated heterocycles. The molecule has 2 rings (SSSR count). The molecule has 98 valence electrons. The first-order chi connectivity index (χ1) is 9.06. The fourth-order valence-corrected chi connectivity index (χ4v) is 2.70. The third-order valence-corrected chi connectivity index (χ3v) is 4.11. The summed E-state index contributed by atoms with van der Waals surface area (Å²) >= 11 is 5.62. The van der Waals surface area contributed by atoms with Crippen LogP contribution in [0.4, 0.5) is 0 Å². The lowest BCUT2D eigenvalue weighted by Crippen LogP contribution is -2.14. The van der Waals surface area contributed by atoms with Gasteiger partial charge >= 0.3 is 5.97 Å². The van der Waals surface area contributed by atoms with Crippen LogP contribution < -0.4 is 0 Å². The molecule has 2 aromatic rings. The van der Waals surface area contributed by atoms with E-state index in [0.717, 1.165) is 19.2 Å². The lowest BCUT2D eigenvalue weighted by molar-refractivity contribution is -0.138. The van der Waals surface area contributed by atoms with Crippen LogP contribution in [0, 0.1) is 3.57 Å². The Hall–Kier alpha value is -0.880. The van der Waals surface area contributed by atoms with Crippen LogP contribution in [-0.4, -0.2) is 11.1 Å². The number of carboxylic acids is 1. The monoisotopic (exact) mass is 430 g/mol. The number of hydrogen-bond acceptors (Lipinski definition) is 1. The quantitative estimate of drug-likeness (QED) is 0.727. The van der Waals surface area contributed by atoms with Gasteiger partial charge in [0, 0.05) is 8.04 Å². The molecule has 0 aliphatic rings. The van der Waals surface area contributed by atoms with Gasteiger partial charge in [-0.25, -0.2) is 0 Å². The second kappa shape index (κ2) is 6.52. The number of carbonyl (C=O) groups is 1. The van der Waals surface area contributed by atoms with Gasteiger partial charge in [0.05, 0.1) is 5.92 Å². The average Bonchev–Trinajstić information content (AvgIpc) is 2.37. The maximum Gasteiger partial charge on any atom is 0.311 e. The molecule has 0 fully saturated rings. The van der Waals surface area contributed by atoms with Crippen molar-refractivity contribution in [2.24, 2.45) is 0 Å². The van der Waals surface area contributed by atoms with Crippen LogP contribution in [0.2, 0.25) is 0 Å². The van der Waals surface area contributed by atoms with Crippen LogP contribution in [0.3, 0.4) is 0 Å². The molecular formula is C15H12BrIO2. The molecule has 1 atom stereocenters. The Kier molecular flexibility index (Phi) is 4.99. The molecule has 0 amide bonds. The first-order valence-electron chi connectivity index (χ1n) is 5.79. The maximum absolute atomic E-state index is 11.5. The standard InChI is InChI=1S/C15H12BrIO2/c16-12-3-1-2-11(9-12)14(15(18)19)8-10-4-6-13(17)7-5-10/h1-7,9,14H,8H2,(H,18,19). The fourth-order valence-electron chi connectivity index (χ4n) is 1.93. The van der Waals surface area contributed by atoms with Gasteiger partial charge in [-0.05, 0) is 64.4 Å². The van der Waals surface area contributed by atoms with Crippen molar-refractivity contribution < 1.29 is 9.90 Å². The van der Waals surface area contributed by atoms with E-state index in [4.69, 9.17) is 0 Å². The van der Waals surface area contributed by atoms with Gasteiger partial charge in [-0.2, -0.15) is 0 Å². The summed E-state index contributed by atoms with van der Waals surface area (Å²) in [6.07, 6.45) is 0.503. The zero-order valence-corrected chi connectivity index (χ0v) is 13.8. The number of benzene rings is 2. The number of aliphatic carboxylic acids is 1. The Morgan fingerprint density at radius 2 is 1.89 bits per heavy atom. The summed E-state index contributed by atoms with van der Waals surface area (Å²) in [5.74, 6) is -1.31. The highest BCUT2D eigenvalue weighted by molar-refractivity contribution is 14.1. The predicted molar refractivity (Wildman–Crippen MR) is 87.4 cm³/mol. The molecular weight excluding hydrogens is 419 g/mol. The van der Waals surface area contributed by atoms with Crippen molar-refractivity contribution >= 4 is 44.5 Å². The summed E-state index contributed by atoms with van der Waals surface area (Å²) < 4.78 is 2.05. The lowest BCUT2D eigenvalue weighted by atomic mass is 9.92. The van der Waals surface area contributed by atoms with E-state index in [2.05, 4.69) is 38.5 Å². The molecule has 0 bridgehead atoms. The molecule has 0 aromatic heterocycles. The van der Waals surface area contributed by atoms with Crippen molar-refractivity contribution in [3.63, 3.8) is 0 Å². The van der Waals surface area contributed by atoms with E-state index in [-0.39, 0.29) is 0 Å². The van der Waals surface area contributed by atoms with Crippen LogP contribution in [0.5, 0.6) is 0 Å². The van der Waals surface area contributed by atoms with Crippen molar-refractivity contribution in [3.05, 3.63) is 67.7 Å². The number of rotatable bonds is 4. The second-order valence-corrected chi connectivity index (χ2v) is 6.44. The molecule has 1 N–H and O–H groups in total. The highest BCUT2D eigenvalue weighted by atomic mass is 127. The Bertz CT molecular complexity index is 581. The summed E-state index contributed by atoms with van der Waals surface area (Å²) in [6, 6.07) is 15.4. The van der Waals surface area contributed by atoms with Crippen molar-refractivity contribution in [2.75, 3.05) is 0 Å². The Labute approximate surface area is 134 Å². The van der Waals surface area contributed by atoms with Crippen molar-refractivity contribution in [3.8, 4) is 0 Å². The van der Waals surface area contributed by atoms with E-state index in [1.165, 1.54) is 0 Å². The van der Waals surface area contributed by atoms with Crippen LogP contribution in [0.25, 0.3) is 0 Å². The van der Waals surface area contributed by atoms with E-state index in [1.807, 2.05) is 48.5 Å².